The molecule has 108 valence electrons. The third kappa shape index (κ3) is 3.36. The van der Waals surface area contributed by atoms with Gasteiger partial charge in [0.25, 0.3) is 0 Å². The van der Waals surface area contributed by atoms with E-state index in [1.165, 1.54) is 0 Å². The third-order valence-corrected chi connectivity index (χ3v) is 3.28. The van der Waals surface area contributed by atoms with Crippen molar-refractivity contribution in [1.29, 1.82) is 0 Å². The van der Waals surface area contributed by atoms with Crippen LogP contribution in [0.25, 0.3) is 0 Å². The Morgan fingerprint density at radius 3 is 2.95 bits per heavy atom. The van der Waals surface area contributed by atoms with Crippen LogP contribution in [0, 0.1) is 0 Å². The summed E-state index contributed by atoms with van der Waals surface area (Å²) >= 11 is 0. The molecule has 2 rings (SSSR count). The first-order valence-electron chi connectivity index (χ1n) is 6.99. The summed E-state index contributed by atoms with van der Waals surface area (Å²) < 4.78 is 5.18. The minimum Gasteiger partial charge on any atom is -0.382 e. The molecule has 5 nitrogen and oxygen atoms in total. The number of hydrogen-bond acceptors (Lipinski definition) is 3. The lowest BCUT2D eigenvalue weighted by Crippen LogP contribution is -2.42. The first-order chi connectivity index (χ1) is 9.74. The van der Waals surface area contributed by atoms with Gasteiger partial charge in [-0.05, 0) is 31.4 Å². The highest BCUT2D eigenvalue weighted by atomic mass is 16.5. The van der Waals surface area contributed by atoms with Gasteiger partial charge in [-0.25, -0.2) is 0 Å². The summed E-state index contributed by atoms with van der Waals surface area (Å²) in [6.45, 7) is 4.21. The largest absolute Gasteiger partial charge is 0.382 e. The number of nitrogens with one attached hydrogen (secondary N) is 1. The Hall–Kier alpha value is -1.88. The number of ether oxygens (including phenoxy) is 1. The Bertz CT molecular complexity index is 488. The molecule has 1 aliphatic heterocycles. The number of hydrogen-bond donors (Lipinski definition) is 1. The number of carbonyl (C=O) groups excluding carboxylic acids is 2. The summed E-state index contributed by atoms with van der Waals surface area (Å²) in [5.41, 5.74) is 1.96. The van der Waals surface area contributed by atoms with Gasteiger partial charge < -0.3 is 15.0 Å². The number of fused-ring (bicyclic) bond motifs is 1. The molecule has 0 aliphatic carbocycles. The molecule has 1 aromatic rings. The van der Waals surface area contributed by atoms with Crippen LogP contribution in [0.5, 0.6) is 0 Å². The second kappa shape index (κ2) is 7.05. The quantitative estimate of drug-likeness (QED) is 0.647. The molecule has 1 aromatic carbocycles. The lowest BCUT2D eigenvalue weighted by Gasteiger charge is -2.16. The van der Waals surface area contributed by atoms with E-state index in [2.05, 4.69) is 5.32 Å². The van der Waals surface area contributed by atoms with Crippen molar-refractivity contribution >= 4 is 17.5 Å². The van der Waals surface area contributed by atoms with Crippen LogP contribution in [0.15, 0.2) is 24.3 Å². The van der Waals surface area contributed by atoms with Crippen molar-refractivity contribution in [2.75, 3.05) is 31.2 Å². The molecule has 0 radical (unpaired) electrons. The number of para-hydroxylation sites is 1. The van der Waals surface area contributed by atoms with Gasteiger partial charge >= 0.3 is 11.8 Å². The van der Waals surface area contributed by atoms with Crippen LogP contribution in [-0.2, 0) is 20.7 Å². The standard InChI is InChI=1S/C15H20N2O3/c1-2-20-11-5-9-16-14(18)15(19)17-10-8-12-6-3-4-7-13(12)17/h3-4,6-7H,2,5,8-11H2,1H3,(H,16,18). The second-order valence-corrected chi connectivity index (χ2v) is 4.64. The Labute approximate surface area is 118 Å². The third-order valence-electron chi connectivity index (χ3n) is 3.28. The zero-order chi connectivity index (χ0) is 14.4. The first kappa shape index (κ1) is 14.5. The fraction of sp³-hybridized carbons (Fsp3) is 0.467. The maximum atomic E-state index is 12.1. The van der Waals surface area contributed by atoms with Crippen LogP contribution < -0.4 is 10.2 Å². The number of benzene rings is 1. The van der Waals surface area contributed by atoms with Crippen LogP contribution in [-0.4, -0.2) is 38.1 Å². The number of rotatable bonds is 5. The molecular formula is C15H20N2O3. The van der Waals surface area contributed by atoms with Gasteiger partial charge in [-0.2, -0.15) is 0 Å². The van der Waals surface area contributed by atoms with Crippen molar-refractivity contribution in [2.24, 2.45) is 0 Å². The molecule has 0 aromatic heterocycles. The van der Waals surface area contributed by atoms with Crippen molar-refractivity contribution in [3.63, 3.8) is 0 Å². The average Bonchev–Trinajstić information content (AvgIpc) is 2.90. The molecule has 0 saturated carbocycles. The summed E-state index contributed by atoms with van der Waals surface area (Å²) in [6.07, 6.45) is 1.52. The van der Waals surface area contributed by atoms with Crippen LogP contribution >= 0.6 is 0 Å². The van der Waals surface area contributed by atoms with Gasteiger partial charge in [0.2, 0.25) is 0 Å². The summed E-state index contributed by atoms with van der Waals surface area (Å²) in [5.74, 6) is -1.02. The molecule has 1 heterocycles. The molecule has 20 heavy (non-hydrogen) atoms. The Balaban J connectivity index is 1.84. The van der Waals surface area contributed by atoms with E-state index in [0.717, 1.165) is 17.7 Å². The second-order valence-electron chi connectivity index (χ2n) is 4.64. The fourth-order valence-corrected chi connectivity index (χ4v) is 2.27. The predicted octanol–water partition coefficient (Wildman–Crippen LogP) is 1.12. The molecule has 5 heteroatoms. The summed E-state index contributed by atoms with van der Waals surface area (Å²) in [5, 5.41) is 2.64. The Kier molecular flexibility index (Phi) is 5.12. The lowest BCUT2D eigenvalue weighted by atomic mass is 10.2. The normalized spacial score (nSPS) is 13.2. The number of amides is 2. The fourth-order valence-electron chi connectivity index (χ4n) is 2.27. The molecular weight excluding hydrogens is 256 g/mol. The molecule has 0 unspecified atom stereocenters. The molecule has 0 saturated heterocycles. The highest BCUT2D eigenvalue weighted by Crippen LogP contribution is 2.27. The molecule has 1 aliphatic rings. The van der Waals surface area contributed by atoms with Gasteiger partial charge in [-0.15, -0.1) is 0 Å². The van der Waals surface area contributed by atoms with Crippen molar-refractivity contribution < 1.29 is 14.3 Å². The predicted molar refractivity (Wildman–Crippen MR) is 76.6 cm³/mol. The first-order valence-corrected chi connectivity index (χ1v) is 6.99. The van der Waals surface area contributed by atoms with Gasteiger partial charge in [0.1, 0.15) is 0 Å². The van der Waals surface area contributed by atoms with Crippen LogP contribution in [0.2, 0.25) is 0 Å². The average molecular weight is 276 g/mol. The Morgan fingerprint density at radius 2 is 2.15 bits per heavy atom. The molecule has 1 N–H and O–H groups in total. The molecule has 2 amide bonds. The molecule has 0 fully saturated rings. The zero-order valence-corrected chi connectivity index (χ0v) is 11.7. The minimum absolute atomic E-state index is 0.458. The zero-order valence-electron chi connectivity index (χ0n) is 11.7. The van der Waals surface area contributed by atoms with Crippen molar-refractivity contribution in [3.8, 4) is 0 Å². The maximum Gasteiger partial charge on any atom is 0.316 e. The molecule has 0 atom stereocenters. The van der Waals surface area contributed by atoms with E-state index in [-0.39, 0.29) is 0 Å². The van der Waals surface area contributed by atoms with E-state index < -0.39 is 11.8 Å². The van der Waals surface area contributed by atoms with Crippen LogP contribution in [0.1, 0.15) is 18.9 Å². The van der Waals surface area contributed by atoms with Gasteiger partial charge in [-0.1, -0.05) is 18.2 Å². The van der Waals surface area contributed by atoms with Gasteiger partial charge in [0.15, 0.2) is 0 Å². The monoisotopic (exact) mass is 276 g/mol. The number of anilines is 1. The molecule has 0 bridgehead atoms. The lowest BCUT2D eigenvalue weighted by molar-refractivity contribution is -0.137. The highest BCUT2D eigenvalue weighted by molar-refractivity contribution is 6.40. The minimum atomic E-state index is -0.543. The summed E-state index contributed by atoms with van der Waals surface area (Å²) in [4.78, 5) is 25.5. The van der Waals surface area contributed by atoms with Gasteiger partial charge in [0, 0.05) is 32.0 Å². The topological polar surface area (TPSA) is 58.6 Å². The summed E-state index contributed by atoms with van der Waals surface area (Å²) in [6, 6.07) is 7.69. The maximum absolute atomic E-state index is 12.1. The van der Waals surface area contributed by atoms with E-state index in [9.17, 15) is 9.59 Å². The van der Waals surface area contributed by atoms with E-state index >= 15 is 0 Å². The van der Waals surface area contributed by atoms with E-state index in [4.69, 9.17) is 4.74 Å². The van der Waals surface area contributed by atoms with Gasteiger partial charge in [-0.3, -0.25) is 9.59 Å². The van der Waals surface area contributed by atoms with Crippen LogP contribution in [0.4, 0.5) is 5.69 Å². The van der Waals surface area contributed by atoms with Crippen molar-refractivity contribution in [1.82, 2.24) is 5.32 Å². The number of carbonyl (C=O) groups is 2. The van der Waals surface area contributed by atoms with Crippen LogP contribution in [0.3, 0.4) is 0 Å². The van der Waals surface area contributed by atoms with Crippen molar-refractivity contribution in [2.45, 2.75) is 19.8 Å². The van der Waals surface area contributed by atoms with Crippen molar-refractivity contribution in [3.05, 3.63) is 29.8 Å². The SMILES string of the molecule is CCOCCCNC(=O)C(=O)N1CCc2ccccc21. The smallest absolute Gasteiger partial charge is 0.316 e. The van der Waals surface area contributed by atoms with Gasteiger partial charge in [0.05, 0.1) is 0 Å². The highest BCUT2D eigenvalue weighted by Gasteiger charge is 2.28. The van der Waals surface area contributed by atoms with E-state index in [1.807, 2.05) is 31.2 Å². The summed E-state index contributed by atoms with van der Waals surface area (Å²) in [7, 11) is 0. The Morgan fingerprint density at radius 1 is 1.35 bits per heavy atom. The number of nitrogens with zero attached hydrogens (tertiary/aromatic N) is 1. The van der Waals surface area contributed by atoms with E-state index in [1.54, 1.807) is 4.90 Å². The van der Waals surface area contributed by atoms with E-state index in [0.29, 0.717) is 32.7 Å². The molecule has 0 spiro atoms.